The Morgan fingerprint density at radius 2 is 1.94 bits per heavy atom. The maximum atomic E-state index is 11.0. The molecule has 0 aliphatic heterocycles. The van der Waals surface area contributed by atoms with E-state index in [0.29, 0.717) is 0 Å². The summed E-state index contributed by atoms with van der Waals surface area (Å²) in [6.07, 6.45) is 0. The van der Waals surface area contributed by atoms with Crippen LogP contribution in [0.2, 0.25) is 0 Å². The van der Waals surface area contributed by atoms with Crippen LogP contribution in [0.15, 0.2) is 12.1 Å². The Morgan fingerprint density at radius 3 is 2.38 bits per heavy atom. The van der Waals surface area contributed by atoms with Crippen LogP contribution < -0.4 is 0 Å². The Kier molecular flexibility index (Phi) is 3.04. The molecule has 3 nitrogen and oxygen atoms in total. The van der Waals surface area contributed by atoms with Gasteiger partial charge in [0.25, 0.3) is 5.54 Å². The lowest BCUT2D eigenvalue weighted by Gasteiger charge is -2.17. The van der Waals surface area contributed by atoms with Gasteiger partial charge in [-0.2, -0.15) is 0 Å². The van der Waals surface area contributed by atoms with E-state index in [1.165, 1.54) is 0 Å². The minimum atomic E-state index is -0.954. The van der Waals surface area contributed by atoms with Crippen LogP contribution in [0.25, 0.3) is 4.85 Å². The highest BCUT2D eigenvalue weighted by atomic mass is 16.4. The van der Waals surface area contributed by atoms with Crippen molar-refractivity contribution in [1.29, 1.82) is 0 Å². The van der Waals surface area contributed by atoms with Crippen molar-refractivity contribution < 1.29 is 9.90 Å². The summed E-state index contributed by atoms with van der Waals surface area (Å²) in [5.41, 5.74) is 2.26. The third-order valence-electron chi connectivity index (χ3n) is 2.85. The Balaban J connectivity index is 3.52. The Labute approximate surface area is 95.5 Å². The van der Waals surface area contributed by atoms with Gasteiger partial charge < -0.3 is 9.95 Å². The molecule has 1 aromatic carbocycles. The molecule has 0 radical (unpaired) electrons. The van der Waals surface area contributed by atoms with Crippen molar-refractivity contribution in [2.75, 3.05) is 0 Å². The van der Waals surface area contributed by atoms with Gasteiger partial charge in [-0.05, 0) is 37.1 Å². The highest BCUT2D eigenvalue weighted by Crippen LogP contribution is 2.30. The number of aryl methyl sites for hydroxylation is 1. The molecule has 0 fully saturated rings. The van der Waals surface area contributed by atoms with E-state index in [0.717, 1.165) is 16.7 Å². The molecule has 0 saturated heterocycles. The SMILES string of the molecule is [C-]#[N+]C(C)(C)c1cc(C(=O)O)cc(C)c1C. The Hall–Kier alpha value is -1.82. The maximum Gasteiger partial charge on any atom is 0.335 e. The van der Waals surface area contributed by atoms with Crippen LogP contribution >= 0.6 is 0 Å². The van der Waals surface area contributed by atoms with Crippen LogP contribution in [0.4, 0.5) is 0 Å². The second-order valence-corrected chi connectivity index (χ2v) is 4.44. The number of carboxylic acids is 1. The standard InChI is InChI=1S/C13H15NO2/c1-8-6-10(12(15)16)7-11(9(8)2)13(3,4)14-5/h6-7H,1-4H3,(H,15,16). The van der Waals surface area contributed by atoms with Crippen molar-refractivity contribution in [3.8, 4) is 0 Å². The molecule has 0 aliphatic carbocycles. The van der Waals surface area contributed by atoms with Gasteiger partial charge in [0.15, 0.2) is 0 Å². The summed E-state index contributed by atoms with van der Waals surface area (Å²) in [5.74, 6) is -0.954. The number of rotatable bonds is 2. The normalized spacial score (nSPS) is 10.9. The van der Waals surface area contributed by atoms with Crippen LogP contribution in [-0.2, 0) is 5.54 Å². The number of benzene rings is 1. The number of hydrogen-bond acceptors (Lipinski definition) is 1. The molecule has 0 spiro atoms. The topological polar surface area (TPSA) is 41.7 Å². The zero-order chi connectivity index (χ0) is 12.5. The Morgan fingerprint density at radius 1 is 1.38 bits per heavy atom. The minimum absolute atomic E-state index is 0.245. The summed E-state index contributed by atoms with van der Waals surface area (Å²) < 4.78 is 0. The lowest BCUT2D eigenvalue weighted by Crippen LogP contribution is -2.15. The monoisotopic (exact) mass is 217 g/mol. The third-order valence-corrected chi connectivity index (χ3v) is 2.85. The first-order chi connectivity index (χ1) is 7.29. The lowest BCUT2D eigenvalue weighted by molar-refractivity contribution is 0.0696. The van der Waals surface area contributed by atoms with Crippen LogP contribution in [-0.4, -0.2) is 11.1 Å². The number of nitrogens with zero attached hydrogens (tertiary/aromatic N) is 1. The van der Waals surface area contributed by atoms with Crippen molar-refractivity contribution in [2.24, 2.45) is 0 Å². The van der Waals surface area contributed by atoms with Gasteiger partial charge in [0.05, 0.1) is 5.56 Å². The van der Waals surface area contributed by atoms with Crippen molar-refractivity contribution >= 4 is 5.97 Å². The predicted octanol–water partition coefficient (Wildman–Crippen LogP) is 3.16. The largest absolute Gasteiger partial charge is 0.478 e. The molecule has 0 bridgehead atoms. The lowest BCUT2D eigenvalue weighted by atomic mass is 9.87. The van der Waals surface area contributed by atoms with Gasteiger partial charge in [0, 0.05) is 19.4 Å². The van der Waals surface area contributed by atoms with Gasteiger partial charge in [-0.1, -0.05) is 0 Å². The fraction of sp³-hybridized carbons (Fsp3) is 0.385. The maximum absolute atomic E-state index is 11.0. The summed E-state index contributed by atoms with van der Waals surface area (Å²) in [6, 6.07) is 3.24. The second kappa shape index (κ2) is 3.97. The molecule has 1 aromatic rings. The molecule has 0 heterocycles. The number of aromatic carboxylic acids is 1. The molecule has 1 N–H and O–H groups in total. The van der Waals surface area contributed by atoms with Gasteiger partial charge in [0.1, 0.15) is 0 Å². The van der Waals surface area contributed by atoms with E-state index in [-0.39, 0.29) is 5.56 Å². The predicted molar refractivity (Wildman–Crippen MR) is 62.5 cm³/mol. The van der Waals surface area contributed by atoms with Crippen LogP contribution in [0.3, 0.4) is 0 Å². The van der Waals surface area contributed by atoms with E-state index < -0.39 is 11.5 Å². The number of carboxylic acid groups (broad SMARTS) is 1. The van der Waals surface area contributed by atoms with E-state index in [2.05, 4.69) is 4.85 Å². The van der Waals surface area contributed by atoms with E-state index in [4.69, 9.17) is 11.7 Å². The third kappa shape index (κ3) is 2.06. The number of hydrogen-bond donors (Lipinski definition) is 1. The molecular weight excluding hydrogens is 202 g/mol. The molecule has 1 rings (SSSR count). The molecule has 0 amide bonds. The molecule has 0 aliphatic rings. The van der Waals surface area contributed by atoms with Crippen LogP contribution in [0, 0.1) is 20.4 Å². The first-order valence-electron chi connectivity index (χ1n) is 5.03. The quantitative estimate of drug-likeness (QED) is 0.773. The highest BCUT2D eigenvalue weighted by molar-refractivity contribution is 5.88. The Bertz CT molecular complexity index is 481. The second-order valence-electron chi connectivity index (χ2n) is 4.44. The minimum Gasteiger partial charge on any atom is -0.478 e. The van der Waals surface area contributed by atoms with Gasteiger partial charge >= 0.3 is 5.97 Å². The zero-order valence-corrected chi connectivity index (χ0v) is 9.96. The molecule has 3 heteroatoms. The van der Waals surface area contributed by atoms with E-state index in [9.17, 15) is 4.79 Å². The number of carbonyl (C=O) groups is 1. The molecule has 16 heavy (non-hydrogen) atoms. The molecule has 0 atom stereocenters. The van der Waals surface area contributed by atoms with Gasteiger partial charge in [0.2, 0.25) is 0 Å². The summed E-state index contributed by atoms with van der Waals surface area (Å²) in [4.78, 5) is 14.5. The van der Waals surface area contributed by atoms with Crippen molar-refractivity contribution in [1.82, 2.24) is 0 Å². The van der Waals surface area contributed by atoms with Crippen molar-refractivity contribution in [3.05, 3.63) is 45.8 Å². The smallest absolute Gasteiger partial charge is 0.335 e. The summed E-state index contributed by atoms with van der Waals surface area (Å²) in [7, 11) is 0. The molecule has 0 saturated carbocycles. The van der Waals surface area contributed by atoms with Crippen molar-refractivity contribution in [3.63, 3.8) is 0 Å². The highest BCUT2D eigenvalue weighted by Gasteiger charge is 2.29. The van der Waals surface area contributed by atoms with E-state index in [1.54, 1.807) is 26.0 Å². The van der Waals surface area contributed by atoms with E-state index >= 15 is 0 Å². The molecule has 0 aromatic heterocycles. The average Bonchev–Trinajstić information content (AvgIpc) is 2.21. The molecular formula is C13H15NO2. The summed E-state index contributed by atoms with van der Waals surface area (Å²) in [5, 5.41) is 8.99. The summed E-state index contributed by atoms with van der Waals surface area (Å²) >= 11 is 0. The zero-order valence-electron chi connectivity index (χ0n) is 9.96. The molecule has 0 unspecified atom stereocenters. The van der Waals surface area contributed by atoms with Crippen LogP contribution in [0.5, 0.6) is 0 Å². The average molecular weight is 217 g/mol. The van der Waals surface area contributed by atoms with Crippen molar-refractivity contribution in [2.45, 2.75) is 33.2 Å². The van der Waals surface area contributed by atoms with Crippen LogP contribution in [0.1, 0.15) is 40.9 Å². The first kappa shape index (κ1) is 12.3. The first-order valence-corrected chi connectivity index (χ1v) is 5.03. The van der Waals surface area contributed by atoms with Gasteiger partial charge in [-0.25, -0.2) is 11.4 Å². The summed E-state index contributed by atoms with van der Waals surface area (Å²) in [6.45, 7) is 14.5. The fourth-order valence-corrected chi connectivity index (χ4v) is 1.68. The van der Waals surface area contributed by atoms with Gasteiger partial charge in [-0.3, -0.25) is 0 Å². The van der Waals surface area contributed by atoms with E-state index in [1.807, 2.05) is 13.8 Å². The van der Waals surface area contributed by atoms with Gasteiger partial charge in [-0.15, -0.1) is 0 Å². The molecule has 84 valence electrons. The fourth-order valence-electron chi connectivity index (χ4n) is 1.68.